The minimum atomic E-state index is -0.826. The summed E-state index contributed by atoms with van der Waals surface area (Å²) in [5, 5.41) is 9.77. The van der Waals surface area contributed by atoms with Crippen LogP contribution in [0.15, 0.2) is 24.3 Å². The molecule has 0 bridgehead atoms. The number of likely N-dealkylation sites (tertiary alicyclic amines) is 1. The molecule has 1 aromatic carbocycles. The molecule has 6 heteroatoms. The number of piperidine rings is 1. The molecule has 2 aliphatic heterocycles. The summed E-state index contributed by atoms with van der Waals surface area (Å²) >= 11 is 0. The lowest BCUT2D eigenvalue weighted by Gasteiger charge is -2.43. The third kappa shape index (κ3) is 4.31. The molecule has 0 aromatic heterocycles. The van der Waals surface area contributed by atoms with Crippen molar-refractivity contribution in [3.8, 4) is 0 Å². The molecule has 0 aliphatic carbocycles. The number of carbonyl (C=O) groups excluding carboxylic acids is 1. The van der Waals surface area contributed by atoms with Gasteiger partial charge in [-0.3, -0.25) is 19.4 Å². The maximum absolute atomic E-state index is 11.9. The Morgan fingerprint density at radius 3 is 2.08 bits per heavy atom. The molecule has 0 spiro atoms. The van der Waals surface area contributed by atoms with Gasteiger partial charge < -0.3 is 10.0 Å². The number of ketones is 1. The van der Waals surface area contributed by atoms with Gasteiger partial charge in [0, 0.05) is 37.8 Å². The van der Waals surface area contributed by atoms with Crippen LogP contribution < -0.4 is 0 Å². The zero-order chi connectivity index (χ0) is 18.7. The number of Topliss-reactive ketones (excluding diaryl/α,β-unsaturated/α-hetero) is 1. The zero-order valence-electron chi connectivity index (χ0n) is 15.7. The second-order valence-electron chi connectivity index (χ2n) is 7.53. The molecule has 1 aromatic rings. The fraction of sp³-hybridized carbons (Fsp3) is 0.600. The van der Waals surface area contributed by atoms with Gasteiger partial charge in [-0.25, -0.2) is 0 Å². The first-order valence-corrected chi connectivity index (χ1v) is 9.46. The number of hydrogen-bond acceptors (Lipinski definition) is 5. The van der Waals surface area contributed by atoms with Crippen LogP contribution in [0.4, 0.5) is 0 Å². The highest BCUT2D eigenvalue weighted by atomic mass is 16.4. The van der Waals surface area contributed by atoms with Crippen molar-refractivity contribution < 1.29 is 14.7 Å². The second kappa shape index (κ2) is 8.29. The van der Waals surface area contributed by atoms with Gasteiger partial charge in [0.15, 0.2) is 5.78 Å². The van der Waals surface area contributed by atoms with E-state index in [9.17, 15) is 14.7 Å². The molecule has 6 nitrogen and oxygen atoms in total. The molecule has 26 heavy (non-hydrogen) atoms. The number of rotatable bonds is 5. The van der Waals surface area contributed by atoms with Crippen molar-refractivity contribution in [3.63, 3.8) is 0 Å². The molecule has 1 N–H and O–H groups in total. The predicted octanol–water partition coefficient (Wildman–Crippen LogP) is 1.73. The Hall–Kier alpha value is -1.76. The summed E-state index contributed by atoms with van der Waals surface area (Å²) in [6.45, 7) is 7.17. The van der Waals surface area contributed by atoms with E-state index in [0.717, 1.165) is 44.8 Å². The topological polar surface area (TPSA) is 64.1 Å². The van der Waals surface area contributed by atoms with Crippen LogP contribution in [-0.2, 0) is 4.79 Å². The summed E-state index contributed by atoms with van der Waals surface area (Å²) in [7, 11) is 2.17. The van der Waals surface area contributed by atoms with E-state index in [1.54, 1.807) is 24.3 Å². The molecule has 0 saturated carbocycles. The highest BCUT2D eigenvalue weighted by Gasteiger charge is 2.32. The maximum Gasteiger partial charge on any atom is 0.325 e. The maximum atomic E-state index is 11.9. The minimum absolute atomic E-state index is 0.00448. The summed E-state index contributed by atoms with van der Waals surface area (Å²) < 4.78 is 0. The largest absolute Gasteiger partial charge is 0.480 e. The first-order chi connectivity index (χ1) is 12.5. The Balaban J connectivity index is 1.63. The summed E-state index contributed by atoms with van der Waals surface area (Å²) in [6.07, 6.45) is 2.40. The van der Waals surface area contributed by atoms with E-state index in [1.165, 1.54) is 19.8 Å². The van der Waals surface area contributed by atoms with Crippen molar-refractivity contribution in [2.75, 3.05) is 46.3 Å². The van der Waals surface area contributed by atoms with Crippen LogP contribution in [0.2, 0.25) is 0 Å². The monoisotopic (exact) mass is 359 g/mol. The third-order valence-corrected chi connectivity index (χ3v) is 5.79. The first kappa shape index (κ1) is 19.0. The zero-order valence-corrected chi connectivity index (χ0v) is 15.7. The number of carbonyl (C=O) groups is 2. The van der Waals surface area contributed by atoms with Crippen molar-refractivity contribution in [1.82, 2.24) is 14.7 Å². The van der Waals surface area contributed by atoms with Crippen LogP contribution in [0.5, 0.6) is 0 Å². The molecule has 142 valence electrons. The minimum Gasteiger partial charge on any atom is -0.480 e. The molecule has 1 atom stereocenters. The predicted molar refractivity (Wildman–Crippen MR) is 100 cm³/mol. The number of carboxylic acid groups (broad SMARTS) is 1. The van der Waals surface area contributed by atoms with Crippen molar-refractivity contribution >= 4 is 11.8 Å². The Labute approximate surface area is 155 Å². The SMILES string of the molecule is CC(=O)c1ccc(C(C(=O)O)N2CCN(C3CCN(C)CC3)CC2)cc1. The van der Waals surface area contributed by atoms with Crippen LogP contribution in [-0.4, -0.2) is 83.9 Å². The van der Waals surface area contributed by atoms with Gasteiger partial charge in [-0.15, -0.1) is 0 Å². The molecule has 2 saturated heterocycles. The fourth-order valence-electron chi connectivity index (χ4n) is 4.13. The van der Waals surface area contributed by atoms with Crippen LogP contribution in [0.1, 0.15) is 41.7 Å². The fourth-order valence-corrected chi connectivity index (χ4v) is 4.13. The summed E-state index contributed by atoms with van der Waals surface area (Å²) in [4.78, 5) is 30.3. The third-order valence-electron chi connectivity index (χ3n) is 5.79. The first-order valence-electron chi connectivity index (χ1n) is 9.46. The normalized spacial score (nSPS) is 22.2. The van der Waals surface area contributed by atoms with Gasteiger partial charge in [-0.05, 0) is 45.5 Å². The molecule has 1 unspecified atom stereocenters. The van der Waals surface area contributed by atoms with Crippen molar-refractivity contribution in [2.45, 2.75) is 31.8 Å². The molecule has 0 amide bonds. The van der Waals surface area contributed by atoms with Gasteiger partial charge in [0.05, 0.1) is 0 Å². The lowest BCUT2D eigenvalue weighted by Crippen LogP contribution is -2.54. The molecular formula is C20H29N3O3. The van der Waals surface area contributed by atoms with Gasteiger partial charge in [0.1, 0.15) is 6.04 Å². The van der Waals surface area contributed by atoms with Gasteiger partial charge in [0.25, 0.3) is 0 Å². The smallest absolute Gasteiger partial charge is 0.325 e. The summed E-state index contributed by atoms with van der Waals surface area (Å²) in [6, 6.07) is 6.99. The van der Waals surface area contributed by atoms with E-state index < -0.39 is 12.0 Å². The van der Waals surface area contributed by atoms with Gasteiger partial charge in [0.2, 0.25) is 0 Å². The molecule has 0 radical (unpaired) electrons. The lowest BCUT2D eigenvalue weighted by molar-refractivity contribution is -0.144. The van der Waals surface area contributed by atoms with Crippen LogP contribution >= 0.6 is 0 Å². The van der Waals surface area contributed by atoms with Gasteiger partial charge in [-0.1, -0.05) is 24.3 Å². The Morgan fingerprint density at radius 1 is 1.00 bits per heavy atom. The number of piperazine rings is 1. The standard InChI is InChI=1S/C20H29N3O3/c1-15(24)16-3-5-17(6-4-16)19(20(25)26)23-13-11-22(12-14-23)18-7-9-21(2)10-8-18/h3-6,18-19H,7-14H2,1-2H3,(H,25,26). The average molecular weight is 359 g/mol. The molecular weight excluding hydrogens is 330 g/mol. The number of benzene rings is 1. The van der Waals surface area contributed by atoms with Crippen molar-refractivity contribution in [2.24, 2.45) is 0 Å². The highest BCUT2D eigenvalue weighted by molar-refractivity contribution is 5.94. The summed E-state index contributed by atoms with van der Waals surface area (Å²) in [5.74, 6) is -0.830. The Bertz CT molecular complexity index is 630. The van der Waals surface area contributed by atoms with Crippen LogP contribution in [0, 0.1) is 0 Å². The van der Waals surface area contributed by atoms with E-state index in [1.807, 2.05) is 0 Å². The lowest BCUT2D eigenvalue weighted by atomic mass is 10.00. The highest BCUT2D eigenvalue weighted by Crippen LogP contribution is 2.25. The summed E-state index contributed by atoms with van der Waals surface area (Å²) in [5.41, 5.74) is 1.36. The van der Waals surface area contributed by atoms with Gasteiger partial charge >= 0.3 is 5.97 Å². The van der Waals surface area contributed by atoms with E-state index in [0.29, 0.717) is 11.6 Å². The number of nitrogens with zero attached hydrogens (tertiary/aromatic N) is 3. The van der Waals surface area contributed by atoms with Crippen molar-refractivity contribution in [1.29, 1.82) is 0 Å². The number of aliphatic carboxylic acids is 1. The Kier molecular flexibility index (Phi) is 6.06. The van der Waals surface area contributed by atoms with Crippen molar-refractivity contribution in [3.05, 3.63) is 35.4 Å². The average Bonchev–Trinajstić information content (AvgIpc) is 2.63. The Morgan fingerprint density at radius 2 is 1.58 bits per heavy atom. The number of carboxylic acids is 1. The van der Waals surface area contributed by atoms with E-state index >= 15 is 0 Å². The van der Waals surface area contributed by atoms with E-state index in [-0.39, 0.29) is 5.78 Å². The van der Waals surface area contributed by atoms with E-state index in [2.05, 4.69) is 21.7 Å². The second-order valence-corrected chi connectivity index (χ2v) is 7.53. The molecule has 3 rings (SSSR count). The van der Waals surface area contributed by atoms with Gasteiger partial charge in [-0.2, -0.15) is 0 Å². The molecule has 2 heterocycles. The van der Waals surface area contributed by atoms with E-state index in [4.69, 9.17) is 0 Å². The molecule has 2 fully saturated rings. The number of hydrogen-bond donors (Lipinski definition) is 1. The van der Waals surface area contributed by atoms with Crippen LogP contribution in [0.25, 0.3) is 0 Å². The van der Waals surface area contributed by atoms with Crippen LogP contribution in [0.3, 0.4) is 0 Å². The molecule has 2 aliphatic rings. The quantitative estimate of drug-likeness (QED) is 0.808.